The van der Waals surface area contributed by atoms with Crippen molar-refractivity contribution in [2.24, 2.45) is 11.7 Å². The zero-order chi connectivity index (χ0) is 11.5. The van der Waals surface area contributed by atoms with Crippen molar-refractivity contribution < 1.29 is 0 Å². The lowest BCUT2D eigenvalue weighted by Gasteiger charge is -2.32. The molecule has 0 amide bonds. The van der Waals surface area contributed by atoms with E-state index >= 15 is 0 Å². The normalized spacial score (nSPS) is 17.8. The summed E-state index contributed by atoms with van der Waals surface area (Å²) in [5, 5.41) is 0.660. The molecule has 1 saturated heterocycles. The molecule has 1 aliphatic rings. The third kappa shape index (κ3) is 2.67. The molecule has 5 heteroatoms. The Balaban J connectivity index is 2.08. The Morgan fingerprint density at radius 1 is 1.50 bits per heavy atom. The molecule has 2 heterocycles. The number of halogens is 2. The highest BCUT2D eigenvalue weighted by Gasteiger charge is 2.20. The lowest BCUT2D eigenvalue weighted by molar-refractivity contribution is 0.413. The number of rotatable bonds is 2. The molecule has 3 nitrogen and oxygen atoms in total. The maximum atomic E-state index is 5.87. The van der Waals surface area contributed by atoms with Gasteiger partial charge in [0.05, 0.1) is 9.50 Å². The molecule has 0 saturated carbocycles. The first kappa shape index (κ1) is 12.1. The number of anilines is 1. The van der Waals surface area contributed by atoms with E-state index in [9.17, 15) is 0 Å². The molecule has 1 fully saturated rings. The Hall–Kier alpha value is -0.320. The Morgan fingerprint density at radius 3 is 2.75 bits per heavy atom. The van der Waals surface area contributed by atoms with Crippen LogP contribution in [0.25, 0.3) is 0 Å². The molecule has 0 bridgehead atoms. The fraction of sp³-hybridized carbons (Fsp3) is 0.545. The van der Waals surface area contributed by atoms with Crippen molar-refractivity contribution >= 4 is 33.3 Å². The second kappa shape index (κ2) is 5.34. The maximum absolute atomic E-state index is 5.87. The van der Waals surface area contributed by atoms with Gasteiger partial charge in [-0.1, -0.05) is 11.6 Å². The van der Waals surface area contributed by atoms with Gasteiger partial charge in [-0.05, 0) is 47.3 Å². The highest BCUT2D eigenvalue weighted by Crippen LogP contribution is 2.29. The number of aromatic nitrogens is 1. The van der Waals surface area contributed by atoms with E-state index in [0.29, 0.717) is 10.9 Å². The van der Waals surface area contributed by atoms with Crippen LogP contribution in [0.5, 0.6) is 0 Å². The largest absolute Gasteiger partial charge is 0.356 e. The van der Waals surface area contributed by atoms with E-state index in [1.54, 1.807) is 6.20 Å². The van der Waals surface area contributed by atoms with E-state index in [4.69, 9.17) is 17.3 Å². The standard InChI is InChI=1S/C11H15BrClN3/c12-10-5-9(13)7-15-11(10)16-3-1-8(6-14)2-4-16/h5,7-8H,1-4,6,14H2. The van der Waals surface area contributed by atoms with Crippen molar-refractivity contribution in [2.75, 3.05) is 24.5 Å². The molecular weight excluding hydrogens is 289 g/mol. The Bertz CT molecular complexity index is 364. The fourth-order valence-corrected chi connectivity index (χ4v) is 2.91. The molecule has 88 valence electrons. The Labute approximate surface area is 109 Å². The van der Waals surface area contributed by atoms with Gasteiger partial charge in [0.2, 0.25) is 0 Å². The fourth-order valence-electron chi connectivity index (χ4n) is 2.02. The van der Waals surface area contributed by atoms with E-state index < -0.39 is 0 Å². The van der Waals surface area contributed by atoms with Crippen LogP contribution >= 0.6 is 27.5 Å². The van der Waals surface area contributed by atoms with Gasteiger partial charge in [0.1, 0.15) is 5.82 Å². The van der Waals surface area contributed by atoms with Crippen molar-refractivity contribution in [2.45, 2.75) is 12.8 Å². The highest BCUT2D eigenvalue weighted by molar-refractivity contribution is 9.10. The number of hydrogen-bond donors (Lipinski definition) is 1. The van der Waals surface area contributed by atoms with Crippen LogP contribution in [0.3, 0.4) is 0 Å². The third-order valence-corrected chi connectivity index (χ3v) is 3.83. The van der Waals surface area contributed by atoms with Crippen molar-refractivity contribution in [3.63, 3.8) is 0 Å². The van der Waals surface area contributed by atoms with Crippen LogP contribution < -0.4 is 10.6 Å². The number of nitrogens with zero attached hydrogens (tertiary/aromatic N) is 2. The zero-order valence-electron chi connectivity index (χ0n) is 9.00. The molecule has 1 aromatic heterocycles. The SMILES string of the molecule is NCC1CCN(c2ncc(Cl)cc2Br)CC1. The summed E-state index contributed by atoms with van der Waals surface area (Å²) >= 11 is 9.38. The minimum Gasteiger partial charge on any atom is -0.356 e. The Morgan fingerprint density at radius 2 is 2.19 bits per heavy atom. The third-order valence-electron chi connectivity index (χ3n) is 3.04. The summed E-state index contributed by atoms with van der Waals surface area (Å²) in [5.74, 6) is 1.65. The van der Waals surface area contributed by atoms with Crippen LogP contribution in [0.1, 0.15) is 12.8 Å². The molecule has 2 N–H and O–H groups in total. The van der Waals surface area contributed by atoms with E-state index in [1.165, 1.54) is 0 Å². The van der Waals surface area contributed by atoms with E-state index in [-0.39, 0.29) is 0 Å². The molecular formula is C11H15BrClN3. The van der Waals surface area contributed by atoms with Gasteiger partial charge in [0.15, 0.2) is 0 Å². The second-order valence-corrected chi connectivity index (χ2v) is 5.42. The quantitative estimate of drug-likeness (QED) is 0.913. The number of nitrogens with two attached hydrogens (primary N) is 1. The molecule has 0 atom stereocenters. The Kier molecular flexibility index (Phi) is 4.05. The van der Waals surface area contributed by atoms with Crippen LogP contribution in [0.2, 0.25) is 5.02 Å². The first-order valence-corrected chi connectivity index (χ1v) is 6.64. The zero-order valence-corrected chi connectivity index (χ0v) is 11.3. The molecule has 0 unspecified atom stereocenters. The summed E-state index contributed by atoms with van der Waals surface area (Å²) in [7, 11) is 0. The number of pyridine rings is 1. The number of piperidine rings is 1. The molecule has 1 aromatic rings. The second-order valence-electron chi connectivity index (χ2n) is 4.13. The summed E-state index contributed by atoms with van der Waals surface area (Å²) in [6.07, 6.45) is 3.98. The minimum absolute atomic E-state index is 0.660. The molecule has 0 aliphatic carbocycles. The summed E-state index contributed by atoms with van der Waals surface area (Å²) in [5.41, 5.74) is 5.68. The van der Waals surface area contributed by atoms with E-state index in [0.717, 1.165) is 42.8 Å². The van der Waals surface area contributed by atoms with Crippen LogP contribution in [-0.2, 0) is 0 Å². The van der Waals surface area contributed by atoms with Crippen LogP contribution in [0.4, 0.5) is 5.82 Å². The van der Waals surface area contributed by atoms with Crippen LogP contribution in [0, 0.1) is 5.92 Å². The summed E-state index contributed by atoms with van der Waals surface area (Å²) < 4.78 is 0.964. The number of hydrogen-bond acceptors (Lipinski definition) is 3. The first-order chi connectivity index (χ1) is 7.70. The average molecular weight is 305 g/mol. The monoisotopic (exact) mass is 303 g/mol. The summed E-state index contributed by atoms with van der Waals surface area (Å²) in [4.78, 5) is 6.65. The molecule has 0 spiro atoms. The van der Waals surface area contributed by atoms with Gasteiger partial charge in [-0.3, -0.25) is 0 Å². The smallest absolute Gasteiger partial charge is 0.142 e. The van der Waals surface area contributed by atoms with E-state index in [1.807, 2.05) is 6.07 Å². The van der Waals surface area contributed by atoms with Crippen molar-refractivity contribution in [3.8, 4) is 0 Å². The van der Waals surface area contributed by atoms with Gasteiger partial charge >= 0.3 is 0 Å². The van der Waals surface area contributed by atoms with Gasteiger partial charge in [0, 0.05) is 19.3 Å². The first-order valence-electron chi connectivity index (χ1n) is 5.46. The van der Waals surface area contributed by atoms with Gasteiger partial charge in [-0.15, -0.1) is 0 Å². The molecule has 16 heavy (non-hydrogen) atoms. The highest BCUT2D eigenvalue weighted by atomic mass is 79.9. The predicted octanol–water partition coefficient (Wildman–Crippen LogP) is 2.67. The van der Waals surface area contributed by atoms with Gasteiger partial charge in [-0.2, -0.15) is 0 Å². The summed E-state index contributed by atoms with van der Waals surface area (Å²) in [6, 6.07) is 1.89. The molecule has 2 rings (SSSR count). The van der Waals surface area contributed by atoms with Crippen molar-refractivity contribution in [1.82, 2.24) is 4.98 Å². The summed E-state index contributed by atoms with van der Waals surface area (Å²) in [6.45, 7) is 2.84. The molecule has 1 aliphatic heterocycles. The maximum Gasteiger partial charge on any atom is 0.142 e. The van der Waals surface area contributed by atoms with Crippen LogP contribution in [0.15, 0.2) is 16.7 Å². The van der Waals surface area contributed by atoms with E-state index in [2.05, 4.69) is 25.8 Å². The van der Waals surface area contributed by atoms with Gasteiger partial charge in [-0.25, -0.2) is 4.98 Å². The predicted molar refractivity (Wildman–Crippen MR) is 70.9 cm³/mol. The van der Waals surface area contributed by atoms with Crippen LogP contribution in [-0.4, -0.2) is 24.6 Å². The van der Waals surface area contributed by atoms with Gasteiger partial charge < -0.3 is 10.6 Å². The van der Waals surface area contributed by atoms with Crippen molar-refractivity contribution in [3.05, 3.63) is 21.8 Å². The van der Waals surface area contributed by atoms with Crippen molar-refractivity contribution in [1.29, 1.82) is 0 Å². The topological polar surface area (TPSA) is 42.1 Å². The molecule has 0 aromatic carbocycles. The average Bonchev–Trinajstić information content (AvgIpc) is 2.29. The molecule has 0 radical (unpaired) electrons. The minimum atomic E-state index is 0.660. The lowest BCUT2D eigenvalue weighted by Crippen LogP contribution is -2.36. The lowest BCUT2D eigenvalue weighted by atomic mass is 9.97. The van der Waals surface area contributed by atoms with Gasteiger partial charge in [0.25, 0.3) is 0 Å².